The van der Waals surface area contributed by atoms with Crippen LogP contribution >= 0.6 is 22.9 Å². The van der Waals surface area contributed by atoms with Crippen molar-refractivity contribution in [2.45, 2.75) is 18.1 Å². The quantitative estimate of drug-likeness (QED) is 0.947. The van der Waals surface area contributed by atoms with Gasteiger partial charge in [0, 0.05) is 0 Å². The first kappa shape index (κ1) is 13.3. The molecule has 1 aromatic heterocycles. The lowest BCUT2D eigenvalue weighted by Crippen LogP contribution is -2.13. The maximum atomic E-state index is 12.2. The molecule has 0 bridgehead atoms. The van der Waals surface area contributed by atoms with Crippen LogP contribution in [0, 0.1) is 13.8 Å². The van der Waals surface area contributed by atoms with Crippen LogP contribution in [-0.2, 0) is 10.0 Å². The number of rotatable bonds is 3. The molecule has 0 aliphatic heterocycles. The van der Waals surface area contributed by atoms with Crippen molar-refractivity contribution in [3.63, 3.8) is 0 Å². The molecule has 0 amide bonds. The van der Waals surface area contributed by atoms with Crippen molar-refractivity contribution in [1.29, 1.82) is 0 Å². The van der Waals surface area contributed by atoms with E-state index in [1.54, 1.807) is 19.1 Å². The van der Waals surface area contributed by atoms with Gasteiger partial charge < -0.3 is 0 Å². The highest BCUT2D eigenvalue weighted by molar-refractivity contribution is 7.94. The first-order valence-electron chi connectivity index (χ1n) is 5.11. The molecule has 0 saturated carbocycles. The van der Waals surface area contributed by atoms with Crippen LogP contribution in [0.2, 0.25) is 4.47 Å². The molecule has 1 N–H and O–H groups in total. The number of anilines is 1. The van der Waals surface area contributed by atoms with Gasteiger partial charge in [0.05, 0.1) is 11.4 Å². The summed E-state index contributed by atoms with van der Waals surface area (Å²) in [5.41, 5.74) is 1.82. The molecule has 7 heteroatoms. The van der Waals surface area contributed by atoms with Crippen LogP contribution in [0.4, 0.5) is 5.69 Å². The molecule has 2 aromatic rings. The number of halogens is 1. The number of benzene rings is 1. The molecule has 0 unspecified atom stereocenters. The zero-order valence-corrected chi connectivity index (χ0v) is 12.2. The zero-order valence-electron chi connectivity index (χ0n) is 9.77. The lowest BCUT2D eigenvalue weighted by molar-refractivity contribution is 0.602. The number of aryl methyl sites for hydroxylation is 2. The number of para-hydroxylation sites is 1. The highest BCUT2D eigenvalue weighted by atomic mass is 35.5. The zero-order chi connectivity index (χ0) is 13.3. The van der Waals surface area contributed by atoms with Crippen molar-refractivity contribution in [3.05, 3.63) is 40.0 Å². The maximum Gasteiger partial charge on any atom is 0.273 e. The minimum absolute atomic E-state index is 0.149. The lowest BCUT2D eigenvalue weighted by atomic mass is 10.2. The van der Waals surface area contributed by atoms with Gasteiger partial charge in [0.15, 0.2) is 8.68 Å². The van der Waals surface area contributed by atoms with E-state index in [-0.39, 0.29) is 8.68 Å². The van der Waals surface area contributed by atoms with Crippen LogP contribution in [0.1, 0.15) is 11.3 Å². The first-order chi connectivity index (χ1) is 8.40. The van der Waals surface area contributed by atoms with Crippen molar-refractivity contribution in [3.8, 4) is 0 Å². The van der Waals surface area contributed by atoms with Crippen LogP contribution < -0.4 is 4.72 Å². The van der Waals surface area contributed by atoms with Gasteiger partial charge >= 0.3 is 0 Å². The van der Waals surface area contributed by atoms with Crippen LogP contribution in [0.5, 0.6) is 0 Å². The van der Waals surface area contributed by atoms with E-state index in [1.807, 2.05) is 19.1 Å². The van der Waals surface area contributed by atoms with Gasteiger partial charge in [0.2, 0.25) is 0 Å². The van der Waals surface area contributed by atoms with Gasteiger partial charge in [-0.3, -0.25) is 4.72 Å². The van der Waals surface area contributed by atoms with Gasteiger partial charge in [-0.2, -0.15) is 0 Å². The van der Waals surface area contributed by atoms with E-state index in [4.69, 9.17) is 11.6 Å². The fourth-order valence-corrected chi connectivity index (χ4v) is 4.35. The number of nitrogens with one attached hydrogen (secondary N) is 1. The topological polar surface area (TPSA) is 59.1 Å². The van der Waals surface area contributed by atoms with Gasteiger partial charge in [-0.25, -0.2) is 13.4 Å². The second-order valence-electron chi connectivity index (χ2n) is 3.76. The molecular formula is C11H11ClN2O2S2. The Balaban J connectivity index is 2.40. The Hall–Kier alpha value is -1.11. The standard InChI is InChI=1S/C11H11ClN2O2S2/c1-7-5-3-4-6-9(7)14-18(15,16)10-8(2)13-11(12)17-10/h3-6,14H,1-2H3. The number of hydrogen-bond acceptors (Lipinski definition) is 4. The Labute approximate surface area is 115 Å². The van der Waals surface area contributed by atoms with E-state index >= 15 is 0 Å². The molecule has 1 aromatic carbocycles. The van der Waals surface area contributed by atoms with Crippen molar-refractivity contribution in [2.24, 2.45) is 0 Å². The number of sulfonamides is 1. The predicted molar refractivity (Wildman–Crippen MR) is 73.8 cm³/mol. The monoisotopic (exact) mass is 302 g/mol. The van der Waals surface area contributed by atoms with E-state index < -0.39 is 10.0 Å². The molecule has 0 aliphatic carbocycles. The Kier molecular flexibility index (Phi) is 3.61. The summed E-state index contributed by atoms with van der Waals surface area (Å²) in [7, 11) is -3.62. The van der Waals surface area contributed by atoms with Gasteiger partial charge in [0.1, 0.15) is 0 Å². The fourth-order valence-electron chi connectivity index (χ4n) is 1.48. The van der Waals surface area contributed by atoms with Gasteiger partial charge in [-0.05, 0) is 25.5 Å². The third-order valence-electron chi connectivity index (χ3n) is 2.36. The largest absolute Gasteiger partial charge is 0.279 e. The molecule has 0 fully saturated rings. The predicted octanol–water partition coefficient (Wildman–Crippen LogP) is 3.21. The average Bonchev–Trinajstić information content (AvgIpc) is 2.62. The summed E-state index contributed by atoms with van der Waals surface area (Å²) < 4.78 is 27.3. The van der Waals surface area contributed by atoms with Crippen molar-refractivity contribution in [2.75, 3.05) is 4.72 Å². The first-order valence-corrected chi connectivity index (χ1v) is 7.79. The van der Waals surface area contributed by atoms with E-state index in [0.29, 0.717) is 11.4 Å². The molecule has 4 nitrogen and oxygen atoms in total. The van der Waals surface area contributed by atoms with E-state index in [1.165, 1.54) is 0 Å². The molecule has 2 rings (SSSR count). The van der Waals surface area contributed by atoms with Crippen LogP contribution in [0.15, 0.2) is 28.5 Å². The van der Waals surface area contributed by atoms with E-state index in [0.717, 1.165) is 16.9 Å². The molecule has 18 heavy (non-hydrogen) atoms. The highest BCUT2D eigenvalue weighted by Crippen LogP contribution is 2.28. The molecule has 0 radical (unpaired) electrons. The van der Waals surface area contributed by atoms with Crippen LogP contribution in [-0.4, -0.2) is 13.4 Å². The normalized spacial score (nSPS) is 11.5. The minimum atomic E-state index is -3.62. The minimum Gasteiger partial charge on any atom is -0.279 e. The summed E-state index contributed by atoms with van der Waals surface area (Å²) in [5, 5.41) is 0. The SMILES string of the molecule is Cc1ccccc1NS(=O)(=O)c1sc(Cl)nc1C. The Morgan fingerprint density at radius 1 is 1.28 bits per heavy atom. The van der Waals surface area contributed by atoms with Crippen molar-refractivity contribution >= 4 is 38.6 Å². The molecule has 0 aliphatic rings. The van der Waals surface area contributed by atoms with Gasteiger partial charge in [0.25, 0.3) is 10.0 Å². The summed E-state index contributed by atoms with van der Waals surface area (Å²) in [5.74, 6) is 0. The molecular weight excluding hydrogens is 292 g/mol. The van der Waals surface area contributed by atoms with Gasteiger partial charge in [-0.1, -0.05) is 41.1 Å². The molecule has 0 saturated heterocycles. The molecule has 96 valence electrons. The summed E-state index contributed by atoms with van der Waals surface area (Å²) in [4.78, 5) is 3.91. The number of aromatic nitrogens is 1. The highest BCUT2D eigenvalue weighted by Gasteiger charge is 2.21. The Bertz CT molecular complexity index is 680. The molecule has 1 heterocycles. The Morgan fingerprint density at radius 3 is 2.50 bits per heavy atom. The van der Waals surface area contributed by atoms with Crippen LogP contribution in [0.25, 0.3) is 0 Å². The van der Waals surface area contributed by atoms with Crippen molar-refractivity contribution in [1.82, 2.24) is 4.98 Å². The van der Waals surface area contributed by atoms with E-state index in [2.05, 4.69) is 9.71 Å². The Morgan fingerprint density at radius 2 is 1.94 bits per heavy atom. The van der Waals surface area contributed by atoms with Crippen molar-refractivity contribution < 1.29 is 8.42 Å². The fraction of sp³-hybridized carbons (Fsp3) is 0.182. The summed E-state index contributed by atoms with van der Waals surface area (Å²) in [6.07, 6.45) is 0. The molecule has 0 spiro atoms. The third kappa shape index (κ3) is 2.66. The molecule has 0 atom stereocenters. The lowest BCUT2D eigenvalue weighted by Gasteiger charge is -2.08. The van der Waals surface area contributed by atoms with Gasteiger partial charge in [-0.15, -0.1) is 0 Å². The average molecular weight is 303 g/mol. The van der Waals surface area contributed by atoms with Crippen LogP contribution in [0.3, 0.4) is 0 Å². The summed E-state index contributed by atoms with van der Waals surface area (Å²) >= 11 is 6.67. The number of hydrogen-bond donors (Lipinski definition) is 1. The summed E-state index contributed by atoms with van der Waals surface area (Å²) in [6, 6.07) is 7.18. The maximum absolute atomic E-state index is 12.2. The third-order valence-corrected chi connectivity index (χ3v) is 5.60. The number of nitrogens with zero attached hydrogens (tertiary/aromatic N) is 1. The number of thiazole rings is 1. The van der Waals surface area contributed by atoms with E-state index in [9.17, 15) is 8.42 Å². The summed E-state index contributed by atoms with van der Waals surface area (Å²) in [6.45, 7) is 3.46. The second-order valence-corrected chi connectivity index (χ2v) is 7.22. The second kappa shape index (κ2) is 4.87. The smallest absolute Gasteiger partial charge is 0.273 e.